The zero-order valence-corrected chi connectivity index (χ0v) is 13.5. The van der Waals surface area contributed by atoms with Gasteiger partial charge in [-0.15, -0.1) is 0 Å². The maximum atomic E-state index is 12.5. The van der Waals surface area contributed by atoms with E-state index in [1.54, 1.807) is 19.2 Å². The van der Waals surface area contributed by atoms with Crippen LogP contribution in [0.2, 0.25) is 0 Å². The fourth-order valence-electron chi connectivity index (χ4n) is 2.51. The van der Waals surface area contributed by atoms with E-state index in [9.17, 15) is 9.59 Å². The number of carbonyl (C=O) groups is 2. The molecule has 2 aromatic carbocycles. The molecule has 1 amide bonds. The number of likely N-dealkylation sites (N-methyl/N-ethyl adjacent to an activating group) is 1. The van der Waals surface area contributed by atoms with Gasteiger partial charge in [-0.2, -0.15) is 0 Å². The van der Waals surface area contributed by atoms with Gasteiger partial charge in [0.05, 0.1) is 6.04 Å². The zero-order chi connectivity index (χ0) is 16.7. The molecule has 2 N–H and O–H groups in total. The smallest absolute Gasteiger partial charge is 0.241 e. The molecule has 1 atom stereocenters. The second-order valence-electron chi connectivity index (χ2n) is 5.41. The van der Waals surface area contributed by atoms with Crippen LogP contribution in [-0.4, -0.2) is 25.3 Å². The summed E-state index contributed by atoms with van der Waals surface area (Å²) in [5, 5.41) is 5.98. The predicted octanol–water partition coefficient (Wildman–Crippen LogP) is 2.83. The Labute approximate surface area is 136 Å². The van der Waals surface area contributed by atoms with Gasteiger partial charge < -0.3 is 10.6 Å². The van der Waals surface area contributed by atoms with Crippen molar-refractivity contribution in [1.29, 1.82) is 0 Å². The van der Waals surface area contributed by atoms with Crippen molar-refractivity contribution in [3.8, 4) is 0 Å². The number of carbonyl (C=O) groups excluding carboxylic acids is 2. The number of anilines is 1. The van der Waals surface area contributed by atoms with Crippen LogP contribution in [0.1, 0.15) is 28.4 Å². The van der Waals surface area contributed by atoms with Gasteiger partial charge in [-0.1, -0.05) is 37.3 Å². The Bertz CT molecular complexity index is 668. The number of nitrogens with one attached hydrogen (secondary N) is 2. The van der Waals surface area contributed by atoms with Gasteiger partial charge in [-0.3, -0.25) is 9.59 Å². The number of hydrogen-bond donors (Lipinski definition) is 2. The van der Waals surface area contributed by atoms with Crippen molar-refractivity contribution in [2.45, 2.75) is 25.8 Å². The van der Waals surface area contributed by atoms with Crippen LogP contribution in [0.4, 0.5) is 5.69 Å². The van der Waals surface area contributed by atoms with E-state index >= 15 is 0 Å². The van der Waals surface area contributed by atoms with Crippen molar-refractivity contribution >= 4 is 17.9 Å². The molecule has 1 unspecified atom stereocenters. The Morgan fingerprint density at radius 3 is 2.52 bits per heavy atom. The van der Waals surface area contributed by atoms with Crippen LogP contribution < -0.4 is 10.6 Å². The van der Waals surface area contributed by atoms with Crippen LogP contribution in [0.5, 0.6) is 0 Å². The fraction of sp³-hybridized carbons (Fsp3) is 0.263. The summed E-state index contributed by atoms with van der Waals surface area (Å²) in [5.41, 5.74) is 3.42. The third-order valence-electron chi connectivity index (χ3n) is 3.87. The lowest BCUT2D eigenvalue weighted by Gasteiger charge is -2.17. The normalized spacial score (nSPS) is 11.7. The number of rotatable bonds is 7. The first kappa shape index (κ1) is 16.9. The number of amides is 1. The highest BCUT2D eigenvalue weighted by molar-refractivity contribution is 5.95. The number of aryl methyl sites for hydroxylation is 1. The molecule has 0 aliphatic heterocycles. The zero-order valence-electron chi connectivity index (χ0n) is 13.5. The van der Waals surface area contributed by atoms with Crippen molar-refractivity contribution in [2.75, 3.05) is 12.4 Å². The van der Waals surface area contributed by atoms with Crippen molar-refractivity contribution in [3.05, 3.63) is 65.2 Å². The topological polar surface area (TPSA) is 58.2 Å². The number of aldehydes is 1. The van der Waals surface area contributed by atoms with Crippen LogP contribution in [0.15, 0.2) is 48.5 Å². The molecule has 0 fully saturated rings. The minimum atomic E-state index is -0.312. The summed E-state index contributed by atoms with van der Waals surface area (Å²) in [6.45, 7) is 1.99. The first-order chi connectivity index (χ1) is 11.2. The minimum Gasteiger partial charge on any atom is -0.325 e. The summed E-state index contributed by atoms with van der Waals surface area (Å²) in [4.78, 5) is 23.4. The molecule has 120 valence electrons. The summed E-state index contributed by atoms with van der Waals surface area (Å²) in [5.74, 6) is -0.0859. The number of hydrogen-bond acceptors (Lipinski definition) is 3. The minimum absolute atomic E-state index is 0.0859. The highest BCUT2D eigenvalue weighted by atomic mass is 16.2. The summed E-state index contributed by atoms with van der Waals surface area (Å²) < 4.78 is 0. The van der Waals surface area contributed by atoms with E-state index in [4.69, 9.17) is 0 Å². The Morgan fingerprint density at radius 1 is 1.17 bits per heavy atom. The van der Waals surface area contributed by atoms with Crippen LogP contribution in [-0.2, 0) is 17.6 Å². The first-order valence-electron chi connectivity index (χ1n) is 7.78. The third kappa shape index (κ3) is 4.50. The largest absolute Gasteiger partial charge is 0.325 e. The molecule has 0 aliphatic carbocycles. The molecule has 0 radical (unpaired) electrons. The number of benzene rings is 2. The quantitative estimate of drug-likeness (QED) is 0.773. The standard InChI is InChI=1S/C19H22N2O2/c1-3-15-12-17(10-9-16(15)13-22)21-19(23)18(20-2)11-14-7-5-4-6-8-14/h4-10,12-13,18,20H,3,11H2,1-2H3,(H,21,23). The van der Waals surface area contributed by atoms with Crippen molar-refractivity contribution in [3.63, 3.8) is 0 Å². The average Bonchev–Trinajstić information content (AvgIpc) is 2.60. The Hall–Kier alpha value is -2.46. The van der Waals surface area contributed by atoms with E-state index in [0.717, 1.165) is 23.8 Å². The van der Waals surface area contributed by atoms with E-state index in [0.29, 0.717) is 17.7 Å². The molecule has 2 aromatic rings. The lowest BCUT2D eigenvalue weighted by molar-refractivity contribution is -0.118. The third-order valence-corrected chi connectivity index (χ3v) is 3.87. The average molecular weight is 310 g/mol. The molecule has 0 saturated carbocycles. The van der Waals surface area contributed by atoms with Gasteiger partial charge in [0.2, 0.25) is 5.91 Å². The maximum absolute atomic E-state index is 12.5. The first-order valence-corrected chi connectivity index (χ1v) is 7.78. The van der Waals surface area contributed by atoms with Crippen molar-refractivity contribution < 1.29 is 9.59 Å². The predicted molar refractivity (Wildman–Crippen MR) is 92.8 cm³/mol. The molecule has 23 heavy (non-hydrogen) atoms. The van der Waals surface area contributed by atoms with Gasteiger partial charge in [0.15, 0.2) is 0 Å². The molecule has 0 aromatic heterocycles. The summed E-state index contributed by atoms with van der Waals surface area (Å²) >= 11 is 0. The fourth-order valence-corrected chi connectivity index (χ4v) is 2.51. The molecule has 4 nitrogen and oxygen atoms in total. The molecule has 0 heterocycles. The van der Waals surface area contributed by atoms with Gasteiger partial charge in [0, 0.05) is 11.3 Å². The summed E-state index contributed by atoms with van der Waals surface area (Å²) in [6.07, 6.45) is 2.21. The molecule has 0 saturated heterocycles. The molecular weight excluding hydrogens is 288 g/mol. The molecule has 0 spiro atoms. The molecule has 0 aliphatic rings. The maximum Gasteiger partial charge on any atom is 0.241 e. The Morgan fingerprint density at radius 2 is 1.91 bits per heavy atom. The van der Waals surface area contributed by atoms with Gasteiger partial charge in [-0.25, -0.2) is 0 Å². The van der Waals surface area contributed by atoms with Gasteiger partial charge in [0.25, 0.3) is 0 Å². The lowest BCUT2D eigenvalue weighted by atomic mass is 10.0. The van der Waals surface area contributed by atoms with Gasteiger partial charge in [0.1, 0.15) is 6.29 Å². The Balaban J connectivity index is 2.08. The van der Waals surface area contributed by atoms with Crippen LogP contribution in [0.3, 0.4) is 0 Å². The van der Waals surface area contributed by atoms with Crippen LogP contribution in [0.25, 0.3) is 0 Å². The molecule has 2 rings (SSSR count). The Kier molecular flexibility index (Phi) is 6.06. The van der Waals surface area contributed by atoms with E-state index in [-0.39, 0.29) is 11.9 Å². The second kappa shape index (κ2) is 8.25. The van der Waals surface area contributed by atoms with Crippen molar-refractivity contribution in [2.24, 2.45) is 0 Å². The summed E-state index contributed by atoms with van der Waals surface area (Å²) in [6, 6.07) is 14.9. The van der Waals surface area contributed by atoms with E-state index in [1.165, 1.54) is 0 Å². The van der Waals surface area contributed by atoms with Crippen molar-refractivity contribution in [1.82, 2.24) is 5.32 Å². The SMILES string of the molecule is CCc1cc(NC(=O)C(Cc2ccccc2)NC)ccc1C=O. The van der Waals surface area contributed by atoms with Gasteiger partial charge >= 0.3 is 0 Å². The van der Waals surface area contributed by atoms with Crippen LogP contribution >= 0.6 is 0 Å². The second-order valence-corrected chi connectivity index (χ2v) is 5.41. The van der Waals surface area contributed by atoms with E-state index < -0.39 is 0 Å². The molecule has 0 bridgehead atoms. The summed E-state index contributed by atoms with van der Waals surface area (Å²) in [7, 11) is 1.78. The van der Waals surface area contributed by atoms with Crippen LogP contribution in [0, 0.1) is 0 Å². The lowest BCUT2D eigenvalue weighted by Crippen LogP contribution is -2.40. The monoisotopic (exact) mass is 310 g/mol. The van der Waals surface area contributed by atoms with E-state index in [2.05, 4.69) is 10.6 Å². The van der Waals surface area contributed by atoms with Gasteiger partial charge in [-0.05, 0) is 49.2 Å². The molecule has 4 heteroatoms. The van der Waals surface area contributed by atoms with E-state index in [1.807, 2.05) is 43.3 Å². The highest BCUT2D eigenvalue weighted by Crippen LogP contribution is 2.16. The highest BCUT2D eigenvalue weighted by Gasteiger charge is 2.17. The molecular formula is C19H22N2O2.